The lowest BCUT2D eigenvalue weighted by Crippen LogP contribution is -2.21. The molecule has 2 rings (SSSR count). The Hall–Kier alpha value is -2.15. The number of furan rings is 1. The van der Waals surface area contributed by atoms with E-state index in [1.807, 2.05) is 0 Å². The minimum absolute atomic E-state index is 0.00231. The zero-order valence-electron chi connectivity index (χ0n) is 9.24. The average molecular weight is 236 g/mol. The Morgan fingerprint density at radius 1 is 1.71 bits per heavy atom. The van der Waals surface area contributed by atoms with Crippen molar-refractivity contribution in [2.45, 2.75) is 6.04 Å². The molecular weight excluding hydrogens is 224 g/mol. The molecule has 0 aromatic carbocycles. The van der Waals surface area contributed by atoms with Crippen LogP contribution < -0.4 is 5.73 Å². The van der Waals surface area contributed by atoms with Crippen molar-refractivity contribution in [2.75, 3.05) is 13.7 Å². The molecule has 1 atom stereocenters. The lowest BCUT2D eigenvalue weighted by Gasteiger charge is -2.11. The first kappa shape index (κ1) is 11.3. The number of esters is 1. The highest BCUT2D eigenvalue weighted by molar-refractivity contribution is 5.84. The summed E-state index contributed by atoms with van der Waals surface area (Å²) in [5, 5.41) is 4.00. The van der Waals surface area contributed by atoms with Gasteiger partial charge in [-0.15, -0.1) is 5.10 Å². The number of hydrogen-bond acceptors (Lipinski definition) is 6. The standard InChI is InChI=1S/C10H12N4O3/c1-16-10(15)9-12-6-14(13-9)7(5-11)8-3-2-4-17-8/h2-4,6-7H,5,11H2,1H3. The molecule has 0 aliphatic heterocycles. The zero-order valence-corrected chi connectivity index (χ0v) is 9.24. The molecular formula is C10H12N4O3. The van der Waals surface area contributed by atoms with Crippen LogP contribution >= 0.6 is 0 Å². The van der Waals surface area contributed by atoms with E-state index in [0.717, 1.165) is 0 Å². The molecule has 90 valence electrons. The van der Waals surface area contributed by atoms with Gasteiger partial charge in [0.25, 0.3) is 5.82 Å². The van der Waals surface area contributed by atoms with Gasteiger partial charge in [0.05, 0.1) is 13.4 Å². The number of nitrogens with two attached hydrogens (primary N) is 1. The summed E-state index contributed by atoms with van der Waals surface area (Å²) in [6, 6.07) is 3.27. The Labute approximate surface area is 97.2 Å². The maximum Gasteiger partial charge on any atom is 0.377 e. The molecule has 0 saturated carbocycles. The summed E-state index contributed by atoms with van der Waals surface area (Å²) in [6.45, 7) is 0.289. The number of nitrogens with zero attached hydrogens (tertiary/aromatic N) is 3. The fourth-order valence-electron chi connectivity index (χ4n) is 1.45. The predicted octanol–water partition coefficient (Wildman–Crippen LogP) is 0.206. The fourth-order valence-corrected chi connectivity index (χ4v) is 1.45. The molecule has 2 aromatic heterocycles. The Balaban J connectivity index is 2.26. The molecule has 0 radical (unpaired) electrons. The van der Waals surface area contributed by atoms with Crippen molar-refractivity contribution in [3.8, 4) is 0 Å². The minimum atomic E-state index is -0.584. The second-order valence-corrected chi connectivity index (χ2v) is 3.31. The zero-order chi connectivity index (χ0) is 12.3. The average Bonchev–Trinajstić information content (AvgIpc) is 3.00. The Morgan fingerprint density at radius 2 is 2.53 bits per heavy atom. The Morgan fingerprint density at radius 3 is 3.12 bits per heavy atom. The highest BCUT2D eigenvalue weighted by Crippen LogP contribution is 2.16. The SMILES string of the molecule is COC(=O)c1ncn(C(CN)c2ccco2)n1. The van der Waals surface area contributed by atoms with E-state index in [1.54, 1.807) is 18.4 Å². The van der Waals surface area contributed by atoms with Gasteiger partial charge in [-0.2, -0.15) is 0 Å². The predicted molar refractivity (Wildman–Crippen MR) is 57.3 cm³/mol. The van der Waals surface area contributed by atoms with E-state index in [-0.39, 0.29) is 18.4 Å². The molecule has 0 fully saturated rings. The lowest BCUT2D eigenvalue weighted by molar-refractivity contribution is 0.0586. The van der Waals surface area contributed by atoms with Gasteiger partial charge in [0, 0.05) is 6.54 Å². The quantitative estimate of drug-likeness (QED) is 0.762. The van der Waals surface area contributed by atoms with E-state index < -0.39 is 5.97 Å². The third kappa shape index (κ3) is 2.18. The van der Waals surface area contributed by atoms with Gasteiger partial charge >= 0.3 is 5.97 Å². The highest BCUT2D eigenvalue weighted by atomic mass is 16.5. The van der Waals surface area contributed by atoms with Gasteiger partial charge in [0.1, 0.15) is 18.1 Å². The van der Waals surface area contributed by atoms with E-state index in [0.29, 0.717) is 5.76 Å². The van der Waals surface area contributed by atoms with Crippen LogP contribution in [0.25, 0.3) is 0 Å². The maximum atomic E-state index is 11.2. The van der Waals surface area contributed by atoms with Crippen molar-refractivity contribution in [3.05, 3.63) is 36.3 Å². The van der Waals surface area contributed by atoms with Crippen LogP contribution in [0, 0.1) is 0 Å². The van der Waals surface area contributed by atoms with E-state index in [4.69, 9.17) is 10.2 Å². The Kier molecular flexibility index (Phi) is 3.20. The second kappa shape index (κ2) is 4.79. The number of carbonyl (C=O) groups is 1. The van der Waals surface area contributed by atoms with Crippen molar-refractivity contribution < 1.29 is 13.9 Å². The van der Waals surface area contributed by atoms with Crippen LogP contribution in [0.15, 0.2) is 29.1 Å². The van der Waals surface area contributed by atoms with Crippen LogP contribution in [-0.2, 0) is 4.74 Å². The van der Waals surface area contributed by atoms with Crippen LogP contribution in [0.2, 0.25) is 0 Å². The molecule has 0 amide bonds. The maximum absolute atomic E-state index is 11.2. The van der Waals surface area contributed by atoms with Crippen LogP contribution in [0.5, 0.6) is 0 Å². The molecule has 2 aromatic rings. The largest absolute Gasteiger partial charge is 0.467 e. The first-order chi connectivity index (χ1) is 8.26. The summed E-state index contributed by atoms with van der Waals surface area (Å²) in [6.07, 6.45) is 2.97. The van der Waals surface area contributed by atoms with Crippen molar-refractivity contribution in [2.24, 2.45) is 5.73 Å². The summed E-state index contributed by atoms with van der Waals surface area (Å²) < 4.78 is 11.3. The summed E-state index contributed by atoms with van der Waals surface area (Å²) in [5.41, 5.74) is 5.65. The molecule has 7 heteroatoms. The molecule has 0 bridgehead atoms. The number of aromatic nitrogens is 3. The first-order valence-corrected chi connectivity index (χ1v) is 4.99. The summed E-state index contributed by atoms with van der Waals surface area (Å²) >= 11 is 0. The normalized spacial score (nSPS) is 12.4. The molecule has 0 saturated heterocycles. The number of methoxy groups -OCH3 is 1. The molecule has 1 unspecified atom stereocenters. The molecule has 0 spiro atoms. The van der Waals surface area contributed by atoms with Gasteiger partial charge in [-0.1, -0.05) is 0 Å². The van der Waals surface area contributed by atoms with Crippen molar-refractivity contribution in [1.29, 1.82) is 0 Å². The van der Waals surface area contributed by atoms with Gasteiger partial charge < -0.3 is 14.9 Å². The second-order valence-electron chi connectivity index (χ2n) is 3.31. The van der Waals surface area contributed by atoms with Crippen molar-refractivity contribution >= 4 is 5.97 Å². The summed E-state index contributed by atoms with van der Waals surface area (Å²) in [5.74, 6) is 0.0743. The van der Waals surface area contributed by atoms with Crippen LogP contribution in [0.4, 0.5) is 0 Å². The molecule has 7 nitrogen and oxygen atoms in total. The summed E-state index contributed by atoms with van der Waals surface area (Å²) in [7, 11) is 1.27. The van der Waals surface area contributed by atoms with Crippen molar-refractivity contribution in [1.82, 2.24) is 14.8 Å². The van der Waals surface area contributed by atoms with Gasteiger partial charge in [0.15, 0.2) is 0 Å². The smallest absolute Gasteiger partial charge is 0.377 e. The molecule has 0 aliphatic rings. The van der Waals surface area contributed by atoms with Crippen molar-refractivity contribution in [3.63, 3.8) is 0 Å². The topological polar surface area (TPSA) is 96.2 Å². The van der Waals surface area contributed by atoms with Crippen LogP contribution in [0.3, 0.4) is 0 Å². The molecule has 2 heterocycles. The number of rotatable bonds is 4. The Bertz CT molecular complexity index is 491. The molecule has 0 aliphatic carbocycles. The lowest BCUT2D eigenvalue weighted by atomic mass is 10.2. The highest BCUT2D eigenvalue weighted by Gasteiger charge is 2.19. The molecule has 17 heavy (non-hydrogen) atoms. The minimum Gasteiger partial charge on any atom is -0.467 e. The van der Waals surface area contributed by atoms with E-state index in [9.17, 15) is 4.79 Å². The van der Waals surface area contributed by atoms with Gasteiger partial charge in [-0.05, 0) is 12.1 Å². The van der Waals surface area contributed by atoms with Crippen LogP contribution in [-0.4, -0.2) is 34.4 Å². The van der Waals surface area contributed by atoms with E-state index >= 15 is 0 Å². The van der Waals surface area contributed by atoms with Gasteiger partial charge in [-0.25, -0.2) is 14.5 Å². The monoisotopic (exact) mass is 236 g/mol. The van der Waals surface area contributed by atoms with E-state index in [2.05, 4.69) is 14.8 Å². The van der Waals surface area contributed by atoms with Crippen LogP contribution in [0.1, 0.15) is 22.4 Å². The van der Waals surface area contributed by atoms with Gasteiger partial charge in [0.2, 0.25) is 0 Å². The fraction of sp³-hybridized carbons (Fsp3) is 0.300. The third-order valence-corrected chi connectivity index (χ3v) is 2.29. The van der Waals surface area contributed by atoms with E-state index in [1.165, 1.54) is 18.1 Å². The number of carbonyl (C=O) groups excluding carboxylic acids is 1. The summed E-state index contributed by atoms with van der Waals surface area (Å²) in [4.78, 5) is 15.1. The van der Waals surface area contributed by atoms with Gasteiger partial charge in [-0.3, -0.25) is 0 Å². The third-order valence-electron chi connectivity index (χ3n) is 2.29. The number of hydrogen-bond donors (Lipinski definition) is 1. The number of ether oxygens (including phenoxy) is 1. The first-order valence-electron chi connectivity index (χ1n) is 4.99. The molecule has 2 N–H and O–H groups in total.